The molecule has 0 saturated carbocycles. The van der Waals surface area contributed by atoms with E-state index in [1.54, 1.807) is 19.2 Å². The monoisotopic (exact) mass is 440 g/mol. The van der Waals surface area contributed by atoms with Gasteiger partial charge in [-0.2, -0.15) is 0 Å². The first kappa shape index (κ1) is 19.2. The standard InChI is InChI=1S/C17H11F3N4O3S2/c1-26-8-2-4-10-12(6-8)28-15(21-10)23-14(25)24-16-22-11-5-3-9(7-13(11)29-16)27-17(18,19)20/h2-7H,1H3,(H2,21,22,23,24,25). The fourth-order valence-electron chi connectivity index (χ4n) is 2.47. The number of alkyl halides is 3. The molecule has 0 aliphatic heterocycles. The fourth-order valence-corrected chi connectivity index (χ4v) is 4.25. The summed E-state index contributed by atoms with van der Waals surface area (Å²) >= 11 is 2.30. The average Bonchev–Trinajstić information content (AvgIpc) is 3.21. The van der Waals surface area contributed by atoms with E-state index in [1.807, 2.05) is 6.07 Å². The number of ether oxygens (including phenoxy) is 2. The van der Waals surface area contributed by atoms with E-state index in [1.165, 1.54) is 23.5 Å². The molecule has 2 amide bonds. The number of hydrogen-bond acceptors (Lipinski definition) is 7. The molecule has 0 bridgehead atoms. The van der Waals surface area contributed by atoms with Crippen molar-refractivity contribution in [1.82, 2.24) is 9.97 Å². The van der Waals surface area contributed by atoms with Gasteiger partial charge in [-0.25, -0.2) is 14.8 Å². The summed E-state index contributed by atoms with van der Waals surface area (Å²) in [5, 5.41) is 5.77. The number of benzene rings is 2. The van der Waals surface area contributed by atoms with Crippen molar-refractivity contribution in [2.75, 3.05) is 17.7 Å². The second-order valence-corrected chi connectivity index (χ2v) is 7.69. The summed E-state index contributed by atoms with van der Waals surface area (Å²) in [7, 11) is 1.56. The summed E-state index contributed by atoms with van der Waals surface area (Å²) in [6.45, 7) is 0. The Bertz CT molecular complexity index is 1210. The number of carbonyl (C=O) groups is 1. The quantitative estimate of drug-likeness (QED) is 0.440. The van der Waals surface area contributed by atoms with Crippen LogP contribution in [-0.2, 0) is 0 Å². The number of rotatable bonds is 4. The lowest BCUT2D eigenvalue weighted by molar-refractivity contribution is -0.274. The summed E-state index contributed by atoms with van der Waals surface area (Å²) in [5.74, 6) is 0.329. The third-order valence-corrected chi connectivity index (χ3v) is 5.50. The van der Waals surface area contributed by atoms with Gasteiger partial charge >= 0.3 is 12.4 Å². The lowest BCUT2D eigenvalue weighted by atomic mass is 10.3. The van der Waals surface area contributed by atoms with Crippen LogP contribution in [0.2, 0.25) is 0 Å². The molecule has 29 heavy (non-hydrogen) atoms. The molecule has 4 aromatic rings. The number of fused-ring (bicyclic) bond motifs is 2. The Kier molecular flexibility index (Phi) is 4.88. The number of urea groups is 1. The Morgan fingerprint density at radius 1 is 0.931 bits per heavy atom. The Morgan fingerprint density at radius 2 is 1.45 bits per heavy atom. The molecule has 0 spiro atoms. The first-order chi connectivity index (χ1) is 13.8. The molecule has 0 unspecified atom stereocenters. The molecule has 2 aromatic carbocycles. The van der Waals surface area contributed by atoms with Crippen LogP contribution in [0.25, 0.3) is 20.4 Å². The molecule has 4 rings (SSSR count). The van der Waals surface area contributed by atoms with Gasteiger partial charge in [-0.3, -0.25) is 10.6 Å². The number of thiazole rings is 2. The minimum atomic E-state index is -4.78. The number of hydrogen-bond donors (Lipinski definition) is 2. The van der Waals surface area contributed by atoms with Crippen molar-refractivity contribution in [3.05, 3.63) is 36.4 Å². The van der Waals surface area contributed by atoms with Crippen LogP contribution in [0.15, 0.2) is 36.4 Å². The van der Waals surface area contributed by atoms with E-state index in [0.29, 0.717) is 26.6 Å². The molecule has 0 saturated heterocycles. The fraction of sp³-hybridized carbons (Fsp3) is 0.118. The number of nitrogens with zero attached hydrogens (tertiary/aromatic N) is 2. The van der Waals surface area contributed by atoms with Crippen molar-refractivity contribution in [3.63, 3.8) is 0 Å². The molecule has 0 fully saturated rings. The van der Waals surface area contributed by atoms with Gasteiger partial charge in [0, 0.05) is 6.07 Å². The predicted molar refractivity (Wildman–Crippen MR) is 105 cm³/mol. The highest BCUT2D eigenvalue weighted by atomic mass is 32.1. The zero-order valence-corrected chi connectivity index (χ0v) is 16.2. The first-order valence-corrected chi connectivity index (χ1v) is 9.61. The van der Waals surface area contributed by atoms with Crippen LogP contribution in [0, 0.1) is 0 Å². The van der Waals surface area contributed by atoms with Gasteiger partial charge in [0.1, 0.15) is 11.5 Å². The number of nitrogens with one attached hydrogen (secondary N) is 2. The molecule has 7 nitrogen and oxygen atoms in total. The maximum Gasteiger partial charge on any atom is 0.573 e. The first-order valence-electron chi connectivity index (χ1n) is 7.98. The molecule has 2 N–H and O–H groups in total. The largest absolute Gasteiger partial charge is 0.573 e. The zero-order valence-electron chi connectivity index (χ0n) is 14.5. The van der Waals surface area contributed by atoms with Crippen molar-refractivity contribution in [3.8, 4) is 11.5 Å². The van der Waals surface area contributed by atoms with E-state index >= 15 is 0 Å². The highest BCUT2D eigenvalue weighted by Crippen LogP contribution is 2.32. The van der Waals surface area contributed by atoms with E-state index in [-0.39, 0.29) is 10.9 Å². The minimum absolute atomic E-state index is 0.226. The molecule has 12 heteroatoms. The second kappa shape index (κ2) is 7.37. The number of halogens is 3. The lowest BCUT2D eigenvalue weighted by Crippen LogP contribution is -2.19. The van der Waals surface area contributed by atoms with Gasteiger partial charge in [0.05, 0.1) is 27.5 Å². The molecule has 0 aliphatic carbocycles. The van der Waals surface area contributed by atoms with Gasteiger partial charge in [-0.05, 0) is 30.3 Å². The van der Waals surface area contributed by atoms with Gasteiger partial charge in [-0.1, -0.05) is 22.7 Å². The smallest absolute Gasteiger partial charge is 0.497 e. The number of aromatic nitrogens is 2. The van der Waals surface area contributed by atoms with Crippen molar-refractivity contribution in [2.45, 2.75) is 6.36 Å². The number of carbonyl (C=O) groups excluding carboxylic acids is 1. The summed E-state index contributed by atoms with van der Waals surface area (Å²) in [6, 6.07) is 8.55. The van der Waals surface area contributed by atoms with Gasteiger partial charge in [0.2, 0.25) is 0 Å². The maximum absolute atomic E-state index is 12.3. The van der Waals surface area contributed by atoms with Crippen LogP contribution < -0.4 is 20.1 Å². The summed E-state index contributed by atoms with van der Waals surface area (Å²) < 4.78 is 47.3. The molecular formula is C17H11F3N4O3S2. The topological polar surface area (TPSA) is 85.4 Å². The number of methoxy groups -OCH3 is 1. The number of amides is 2. The summed E-state index contributed by atoms with van der Waals surface area (Å²) in [5.41, 5.74) is 1.15. The second-order valence-electron chi connectivity index (χ2n) is 5.63. The maximum atomic E-state index is 12.3. The highest BCUT2D eigenvalue weighted by Gasteiger charge is 2.31. The van der Waals surface area contributed by atoms with Crippen LogP contribution in [0.1, 0.15) is 0 Å². The van der Waals surface area contributed by atoms with Gasteiger partial charge in [-0.15, -0.1) is 13.2 Å². The molecule has 0 atom stereocenters. The van der Waals surface area contributed by atoms with E-state index in [4.69, 9.17) is 4.74 Å². The molecule has 150 valence electrons. The van der Waals surface area contributed by atoms with Crippen LogP contribution >= 0.6 is 22.7 Å². The predicted octanol–water partition coefficient (Wildman–Crippen LogP) is 5.46. The normalized spacial score (nSPS) is 11.6. The molecular weight excluding hydrogens is 429 g/mol. The lowest BCUT2D eigenvalue weighted by Gasteiger charge is -2.07. The van der Waals surface area contributed by atoms with Gasteiger partial charge < -0.3 is 9.47 Å². The average molecular weight is 440 g/mol. The van der Waals surface area contributed by atoms with Crippen molar-refractivity contribution in [1.29, 1.82) is 0 Å². The Balaban J connectivity index is 1.47. The van der Waals surface area contributed by atoms with Crippen molar-refractivity contribution < 1.29 is 27.4 Å². The summed E-state index contributed by atoms with van der Waals surface area (Å²) in [6.07, 6.45) is -4.78. The van der Waals surface area contributed by atoms with Crippen molar-refractivity contribution >= 4 is 59.4 Å². The van der Waals surface area contributed by atoms with Gasteiger partial charge in [0.25, 0.3) is 0 Å². The van der Waals surface area contributed by atoms with E-state index in [0.717, 1.165) is 22.1 Å². The summed E-state index contributed by atoms with van der Waals surface area (Å²) in [4.78, 5) is 20.7. The minimum Gasteiger partial charge on any atom is -0.497 e. The Hall–Kier alpha value is -3.12. The molecule has 2 aromatic heterocycles. The number of anilines is 2. The zero-order chi connectivity index (χ0) is 20.6. The van der Waals surface area contributed by atoms with Crippen LogP contribution in [0.5, 0.6) is 11.5 Å². The third kappa shape index (κ3) is 4.49. The Labute approximate surface area is 169 Å². The van der Waals surface area contributed by atoms with Crippen LogP contribution in [-0.4, -0.2) is 29.5 Å². The molecule has 0 aliphatic rings. The third-order valence-electron chi connectivity index (χ3n) is 3.63. The SMILES string of the molecule is COc1ccc2nc(NC(=O)Nc3nc4ccc(OC(F)(F)F)cc4s3)sc2c1. The molecule has 2 heterocycles. The highest BCUT2D eigenvalue weighted by molar-refractivity contribution is 7.23. The van der Waals surface area contributed by atoms with Crippen LogP contribution in [0.4, 0.5) is 28.2 Å². The van der Waals surface area contributed by atoms with E-state index in [2.05, 4.69) is 25.3 Å². The van der Waals surface area contributed by atoms with Gasteiger partial charge in [0.15, 0.2) is 10.3 Å². The van der Waals surface area contributed by atoms with E-state index < -0.39 is 12.4 Å². The van der Waals surface area contributed by atoms with E-state index in [9.17, 15) is 18.0 Å². The molecule has 0 radical (unpaired) electrons. The Morgan fingerprint density at radius 3 is 1.97 bits per heavy atom. The van der Waals surface area contributed by atoms with Crippen molar-refractivity contribution in [2.24, 2.45) is 0 Å². The van der Waals surface area contributed by atoms with Crippen LogP contribution in [0.3, 0.4) is 0 Å².